The van der Waals surface area contributed by atoms with Crippen molar-refractivity contribution in [2.24, 2.45) is 0 Å². The Balaban J connectivity index is 1.83. The van der Waals surface area contributed by atoms with E-state index in [-0.39, 0.29) is 5.82 Å². The lowest BCUT2D eigenvalue weighted by atomic mass is 10.1. The summed E-state index contributed by atoms with van der Waals surface area (Å²) in [5, 5.41) is 6.82. The number of hydrogen-bond donors (Lipinski definition) is 2. The zero-order valence-electron chi connectivity index (χ0n) is 13.0. The first-order valence-electron chi connectivity index (χ1n) is 7.66. The predicted octanol–water partition coefficient (Wildman–Crippen LogP) is 5.42. The van der Waals surface area contributed by atoms with Gasteiger partial charge in [-0.05, 0) is 76.4 Å². The Bertz CT molecular complexity index is 659. The lowest BCUT2D eigenvalue weighted by Crippen LogP contribution is -2.27. The topological polar surface area (TPSA) is 24.1 Å². The van der Waals surface area contributed by atoms with Gasteiger partial charge in [0.15, 0.2) is 5.11 Å². The van der Waals surface area contributed by atoms with Gasteiger partial charge in [-0.1, -0.05) is 31.5 Å². The van der Waals surface area contributed by atoms with Crippen LogP contribution in [0.15, 0.2) is 46.9 Å². The van der Waals surface area contributed by atoms with E-state index in [2.05, 4.69) is 45.6 Å². The third-order valence-corrected chi connectivity index (χ3v) is 4.32. The molecule has 2 N–H and O–H groups in total. The summed E-state index contributed by atoms with van der Waals surface area (Å²) in [6, 6.07) is 13.2. The Labute approximate surface area is 150 Å². The number of nitrogens with one attached hydrogen (secondary N) is 2. The Kier molecular flexibility index (Phi) is 6.99. The van der Waals surface area contributed by atoms with Crippen LogP contribution < -0.4 is 10.6 Å². The highest BCUT2D eigenvalue weighted by molar-refractivity contribution is 9.10. The van der Waals surface area contributed by atoms with Crippen LogP contribution >= 0.6 is 28.1 Å². The van der Waals surface area contributed by atoms with Gasteiger partial charge in [-0.3, -0.25) is 0 Å². The minimum atomic E-state index is -0.266. The lowest BCUT2D eigenvalue weighted by molar-refractivity contribution is 0.620. The molecule has 122 valence electrons. The van der Waals surface area contributed by atoms with E-state index in [0.717, 1.165) is 17.7 Å². The summed E-state index contributed by atoms with van der Waals surface area (Å²) in [6.07, 6.45) is 3.52. The molecule has 23 heavy (non-hydrogen) atoms. The van der Waals surface area contributed by atoms with Gasteiger partial charge >= 0.3 is 0 Å². The fraction of sp³-hybridized carbons (Fsp3) is 0.278. The molecule has 0 aromatic heterocycles. The number of hydrogen-bond acceptors (Lipinski definition) is 1. The Morgan fingerprint density at radius 2 is 1.83 bits per heavy atom. The first-order chi connectivity index (χ1) is 11.1. The van der Waals surface area contributed by atoms with Crippen LogP contribution in [0.25, 0.3) is 0 Å². The zero-order valence-corrected chi connectivity index (χ0v) is 15.4. The van der Waals surface area contributed by atoms with Crippen LogP contribution in [-0.4, -0.2) is 5.11 Å². The summed E-state index contributed by atoms with van der Waals surface area (Å²) in [7, 11) is 0. The van der Waals surface area contributed by atoms with Gasteiger partial charge in [0.05, 0.1) is 4.47 Å². The van der Waals surface area contributed by atoms with Crippen molar-refractivity contribution in [3.05, 3.63) is 63.9 Å². The molecule has 2 aromatic rings. The number of benzene rings is 2. The molecule has 0 heterocycles. The van der Waals surface area contributed by atoms with E-state index in [1.54, 1.807) is 12.1 Å². The smallest absolute Gasteiger partial charge is 0.171 e. The first kappa shape index (κ1) is 17.9. The molecule has 0 bridgehead atoms. The minimum absolute atomic E-state index is 0.266. The fourth-order valence-corrected chi connectivity index (χ4v) is 2.76. The molecule has 0 radical (unpaired) electrons. The third-order valence-electron chi connectivity index (χ3n) is 3.47. The summed E-state index contributed by atoms with van der Waals surface area (Å²) in [6.45, 7) is 2.74. The molecule has 0 fully saturated rings. The van der Waals surface area contributed by atoms with Gasteiger partial charge in [0.2, 0.25) is 0 Å². The van der Waals surface area contributed by atoms with Gasteiger partial charge in [0.1, 0.15) is 5.82 Å². The molecule has 0 atom stereocenters. The SMILES string of the molecule is CCCCc1ccc(NC(=S)NCc2ccc(F)c(Br)c2)cc1. The second-order valence-electron chi connectivity index (χ2n) is 5.36. The highest BCUT2D eigenvalue weighted by Gasteiger charge is 2.02. The number of aryl methyl sites for hydroxylation is 1. The number of thiocarbonyl (C=S) groups is 1. The van der Waals surface area contributed by atoms with Crippen molar-refractivity contribution in [3.8, 4) is 0 Å². The summed E-state index contributed by atoms with van der Waals surface area (Å²) in [4.78, 5) is 0. The van der Waals surface area contributed by atoms with E-state index >= 15 is 0 Å². The van der Waals surface area contributed by atoms with Crippen LogP contribution in [0.5, 0.6) is 0 Å². The molecule has 0 aliphatic carbocycles. The molecule has 0 spiro atoms. The van der Waals surface area contributed by atoms with Gasteiger partial charge in [-0.15, -0.1) is 0 Å². The van der Waals surface area contributed by atoms with E-state index in [1.165, 1.54) is 24.5 Å². The monoisotopic (exact) mass is 394 g/mol. The molecule has 0 unspecified atom stereocenters. The molecule has 0 saturated carbocycles. The first-order valence-corrected chi connectivity index (χ1v) is 8.86. The molecule has 2 rings (SSSR count). The molecule has 0 aliphatic rings. The maximum Gasteiger partial charge on any atom is 0.171 e. The van der Waals surface area contributed by atoms with Crippen LogP contribution in [0.1, 0.15) is 30.9 Å². The van der Waals surface area contributed by atoms with Crippen molar-refractivity contribution >= 4 is 38.9 Å². The maximum atomic E-state index is 13.2. The molecule has 0 aliphatic heterocycles. The average Bonchev–Trinajstić information content (AvgIpc) is 2.55. The van der Waals surface area contributed by atoms with Crippen molar-refractivity contribution < 1.29 is 4.39 Å². The molecular weight excluding hydrogens is 375 g/mol. The van der Waals surface area contributed by atoms with Crippen molar-refractivity contribution in [3.63, 3.8) is 0 Å². The molecular formula is C18H20BrFN2S. The predicted molar refractivity (Wildman–Crippen MR) is 102 cm³/mol. The highest BCUT2D eigenvalue weighted by atomic mass is 79.9. The van der Waals surface area contributed by atoms with Crippen LogP contribution in [0.2, 0.25) is 0 Å². The van der Waals surface area contributed by atoms with Crippen LogP contribution in [0.4, 0.5) is 10.1 Å². The van der Waals surface area contributed by atoms with E-state index in [4.69, 9.17) is 12.2 Å². The van der Waals surface area contributed by atoms with Crippen molar-refractivity contribution in [2.45, 2.75) is 32.7 Å². The summed E-state index contributed by atoms with van der Waals surface area (Å²) >= 11 is 8.47. The van der Waals surface area contributed by atoms with Gasteiger partial charge in [0.25, 0.3) is 0 Å². The largest absolute Gasteiger partial charge is 0.358 e. The Morgan fingerprint density at radius 1 is 1.13 bits per heavy atom. The van der Waals surface area contributed by atoms with Crippen molar-refractivity contribution in [2.75, 3.05) is 5.32 Å². The van der Waals surface area contributed by atoms with Crippen LogP contribution in [-0.2, 0) is 13.0 Å². The molecule has 2 aromatic carbocycles. The average molecular weight is 395 g/mol. The quantitative estimate of drug-likeness (QED) is 0.639. The third kappa shape index (κ3) is 5.92. The van der Waals surface area contributed by atoms with Crippen molar-refractivity contribution in [1.29, 1.82) is 0 Å². The molecule has 0 saturated heterocycles. The lowest BCUT2D eigenvalue weighted by Gasteiger charge is -2.11. The van der Waals surface area contributed by atoms with Gasteiger partial charge in [0, 0.05) is 12.2 Å². The normalized spacial score (nSPS) is 10.4. The second kappa shape index (κ2) is 8.99. The van der Waals surface area contributed by atoms with Gasteiger partial charge in [-0.25, -0.2) is 4.39 Å². The Hall–Kier alpha value is -1.46. The molecule has 0 amide bonds. The van der Waals surface area contributed by atoms with E-state index in [1.807, 2.05) is 12.1 Å². The molecule has 5 heteroatoms. The molecule has 2 nitrogen and oxygen atoms in total. The second-order valence-corrected chi connectivity index (χ2v) is 6.62. The number of rotatable bonds is 6. The van der Waals surface area contributed by atoms with Crippen molar-refractivity contribution in [1.82, 2.24) is 5.32 Å². The van der Waals surface area contributed by atoms with Gasteiger partial charge < -0.3 is 10.6 Å². The van der Waals surface area contributed by atoms with Crippen LogP contribution in [0, 0.1) is 5.82 Å². The summed E-state index contributed by atoms with van der Waals surface area (Å²) in [5.74, 6) is -0.266. The zero-order chi connectivity index (χ0) is 16.7. The van der Waals surface area contributed by atoms with Crippen LogP contribution in [0.3, 0.4) is 0 Å². The maximum absolute atomic E-state index is 13.2. The van der Waals surface area contributed by atoms with Gasteiger partial charge in [-0.2, -0.15) is 0 Å². The van der Waals surface area contributed by atoms with E-state index < -0.39 is 0 Å². The standard InChI is InChI=1S/C18H20BrFN2S/c1-2-3-4-13-5-8-15(9-6-13)22-18(23)21-12-14-7-10-17(20)16(19)11-14/h5-11H,2-4,12H2,1H3,(H2,21,22,23). The number of halogens is 2. The fourth-order valence-electron chi connectivity index (χ4n) is 2.14. The summed E-state index contributed by atoms with van der Waals surface area (Å²) < 4.78 is 13.6. The number of unbranched alkanes of at least 4 members (excludes halogenated alkanes) is 1. The van der Waals surface area contributed by atoms with E-state index in [0.29, 0.717) is 16.1 Å². The van der Waals surface area contributed by atoms with E-state index in [9.17, 15) is 4.39 Å². The summed E-state index contributed by atoms with van der Waals surface area (Å²) in [5.41, 5.74) is 3.26. The minimum Gasteiger partial charge on any atom is -0.358 e. The number of anilines is 1. The Morgan fingerprint density at radius 3 is 2.48 bits per heavy atom. The highest BCUT2D eigenvalue weighted by Crippen LogP contribution is 2.17.